The third-order valence-electron chi connectivity index (χ3n) is 4.38. The molecule has 3 N–H and O–H groups in total. The molecule has 130 valence electrons. The first-order chi connectivity index (χ1) is 10.3. The maximum atomic E-state index is 5.92. The van der Waals surface area contributed by atoms with E-state index in [1.54, 1.807) is 0 Å². The minimum atomic E-state index is 0. The summed E-state index contributed by atoms with van der Waals surface area (Å²) < 4.78 is 11.1. The molecule has 1 saturated heterocycles. The molecule has 0 radical (unpaired) electrons. The maximum absolute atomic E-state index is 5.92. The topological polar surface area (TPSA) is 68.9 Å². The van der Waals surface area contributed by atoms with E-state index in [1.807, 2.05) is 0 Å². The quantitative estimate of drug-likeness (QED) is 0.285. The Kier molecular flexibility index (Phi) is 11.2. The number of guanidine groups is 1. The van der Waals surface area contributed by atoms with Crippen LogP contribution in [0.15, 0.2) is 4.99 Å². The van der Waals surface area contributed by atoms with E-state index < -0.39 is 0 Å². The molecule has 5 nitrogen and oxygen atoms in total. The summed E-state index contributed by atoms with van der Waals surface area (Å²) in [5, 5.41) is 3.33. The van der Waals surface area contributed by atoms with Gasteiger partial charge in [-0.1, -0.05) is 19.3 Å². The fourth-order valence-electron chi connectivity index (χ4n) is 3.03. The summed E-state index contributed by atoms with van der Waals surface area (Å²) in [4.78, 5) is 4.39. The SMILES string of the molecule is I.NC(=NCCCOCC1CCOCC1)NC1CCCCC1. The van der Waals surface area contributed by atoms with Gasteiger partial charge in [0.05, 0.1) is 0 Å². The molecule has 2 rings (SSSR count). The molecule has 0 bridgehead atoms. The van der Waals surface area contributed by atoms with Crippen LogP contribution in [0.2, 0.25) is 0 Å². The number of rotatable bonds is 7. The number of ether oxygens (including phenoxy) is 2. The number of hydrogen-bond donors (Lipinski definition) is 2. The van der Waals surface area contributed by atoms with E-state index in [1.165, 1.54) is 32.1 Å². The summed E-state index contributed by atoms with van der Waals surface area (Å²) in [6, 6.07) is 0.535. The molecule has 0 amide bonds. The molecule has 1 saturated carbocycles. The van der Waals surface area contributed by atoms with Crippen molar-refractivity contribution in [3.8, 4) is 0 Å². The van der Waals surface area contributed by atoms with Crippen molar-refractivity contribution in [2.75, 3.05) is 33.0 Å². The Bertz CT molecular complexity index is 304. The monoisotopic (exact) mass is 425 g/mol. The van der Waals surface area contributed by atoms with Gasteiger partial charge in [0.2, 0.25) is 0 Å². The highest BCUT2D eigenvalue weighted by molar-refractivity contribution is 14.0. The van der Waals surface area contributed by atoms with Crippen molar-refractivity contribution in [2.45, 2.75) is 57.4 Å². The van der Waals surface area contributed by atoms with Gasteiger partial charge in [-0.2, -0.15) is 0 Å². The highest BCUT2D eigenvalue weighted by Crippen LogP contribution is 2.17. The second kappa shape index (κ2) is 12.4. The van der Waals surface area contributed by atoms with Crippen LogP contribution < -0.4 is 11.1 Å². The minimum Gasteiger partial charge on any atom is -0.381 e. The molecule has 0 aromatic carbocycles. The molecule has 0 aromatic rings. The zero-order valence-corrected chi connectivity index (χ0v) is 15.9. The van der Waals surface area contributed by atoms with Crippen molar-refractivity contribution >= 4 is 29.9 Å². The Hall–Kier alpha value is -0.0800. The average molecular weight is 425 g/mol. The summed E-state index contributed by atoms with van der Waals surface area (Å²) in [7, 11) is 0. The van der Waals surface area contributed by atoms with E-state index in [0.29, 0.717) is 17.9 Å². The number of nitrogens with two attached hydrogens (primary N) is 1. The second-order valence-corrected chi connectivity index (χ2v) is 6.23. The summed E-state index contributed by atoms with van der Waals surface area (Å²) in [5.74, 6) is 1.28. The molecule has 22 heavy (non-hydrogen) atoms. The highest BCUT2D eigenvalue weighted by Gasteiger charge is 2.14. The predicted molar refractivity (Wildman–Crippen MR) is 101 cm³/mol. The van der Waals surface area contributed by atoms with E-state index in [-0.39, 0.29) is 24.0 Å². The molecule has 0 aromatic heterocycles. The van der Waals surface area contributed by atoms with Crippen LogP contribution in [0.4, 0.5) is 0 Å². The van der Waals surface area contributed by atoms with Gasteiger partial charge in [-0.15, -0.1) is 24.0 Å². The lowest BCUT2D eigenvalue weighted by Crippen LogP contribution is -2.41. The van der Waals surface area contributed by atoms with Gasteiger partial charge < -0.3 is 20.5 Å². The van der Waals surface area contributed by atoms with Crippen molar-refractivity contribution in [2.24, 2.45) is 16.6 Å². The number of hydrogen-bond acceptors (Lipinski definition) is 3. The lowest BCUT2D eigenvalue weighted by atomic mass is 9.96. The fourth-order valence-corrected chi connectivity index (χ4v) is 3.03. The lowest BCUT2D eigenvalue weighted by molar-refractivity contribution is 0.0205. The molecule has 0 unspecified atom stereocenters. The first kappa shape index (κ1) is 20.0. The van der Waals surface area contributed by atoms with Crippen molar-refractivity contribution in [3.05, 3.63) is 0 Å². The minimum absolute atomic E-state index is 0. The van der Waals surface area contributed by atoms with E-state index >= 15 is 0 Å². The van der Waals surface area contributed by atoms with Crippen LogP contribution in [0, 0.1) is 5.92 Å². The van der Waals surface area contributed by atoms with Crippen molar-refractivity contribution in [1.82, 2.24) is 5.32 Å². The molecule has 1 aliphatic heterocycles. The molecular formula is C16H32IN3O2. The summed E-state index contributed by atoms with van der Waals surface area (Å²) in [6.45, 7) is 4.17. The van der Waals surface area contributed by atoms with Gasteiger partial charge in [0.1, 0.15) is 0 Å². The molecule has 0 atom stereocenters. The highest BCUT2D eigenvalue weighted by atomic mass is 127. The van der Waals surface area contributed by atoms with Crippen LogP contribution in [-0.4, -0.2) is 45.0 Å². The summed E-state index contributed by atoms with van der Waals surface area (Å²) in [6.07, 6.45) is 9.65. The molecule has 1 heterocycles. The molecule has 2 aliphatic rings. The second-order valence-electron chi connectivity index (χ2n) is 6.23. The van der Waals surface area contributed by atoms with Crippen LogP contribution in [0.1, 0.15) is 51.4 Å². The zero-order chi connectivity index (χ0) is 14.8. The van der Waals surface area contributed by atoms with Crippen molar-refractivity contribution in [1.29, 1.82) is 0 Å². The maximum Gasteiger partial charge on any atom is 0.188 e. The lowest BCUT2D eigenvalue weighted by Gasteiger charge is -2.23. The van der Waals surface area contributed by atoms with Crippen LogP contribution in [0.3, 0.4) is 0 Å². The Labute approximate surface area is 151 Å². The molecule has 6 heteroatoms. The van der Waals surface area contributed by atoms with E-state index in [4.69, 9.17) is 15.2 Å². The largest absolute Gasteiger partial charge is 0.381 e. The summed E-state index contributed by atoms with van der Waals surface area (Å²) >= 11 is 0. The van der Waals surface area contributed by atoms with Crippen molar-refractivity contribution in [3.63, 3.8) is 0 Å². The molecule has 2 fully saturated rings. The Balaban J connectivity index is 0.00000242. The Morgan fingerprint density at radius 1 is 1.14 bits per heavy atom. The summed E-state index contributed by atoms with van der Waals surface area (Å²) in [5.41, 5.74) is 5.92. The van der Waals surface area contributed by atoms with Crippen LogP contribution in [0.5, 0.6) is 0 Å². The van der Waals surface area contributed by atoms with Gasteiger partial charge in [0.15, 0.2) is 5.96 Å². The number of nitrogens with zero attached hydrogens (tertiary/aromatic N) is 1. The van der Waals surface area contributed by atoms with E-state index in [9.17, 15) is 0 Å². The van der Waals surface area contributed by atoms with Gasteiger partial charge in [-0.05, 0) is 38.0 Å². The third-order valence-corrected chi connectivity index (χ3v) is 4.38. The number of halogens is 1. The molecule has 0 spiro atoms. The van der Waals surface area contributed by atoms with Gasteiger partial charge in [0.25, 0.3) is 0 Å². The first-order valence-electron chi connectivity index (χ1n) is 8.56. The van der Waals surface area contributed by atoms with Crippen LogP contribution >= 0.6 is 24.0 Å². The van der Waals surface area contributed by atoms with Gasteiger partial charge in [-0.3, -0.25) is 4.99 Å². The normalized spacial score (nSPS) is 21.4. The Morgan fingerprint density at radius 2 is 1.86 bits per heavy atom. The van der Waals surface area contributed by atoms with Crippen LogP contribution in [-0.2, 0) is 9.47 Å². The van der Waals surface area contributed by atoms with Gasteiger partial charge >= 0.3 is 0 Å². The fraction of sp³-hybridized carbons (Fsp3) is 0.938. The van der Waals surface area contributed by atoms with Gasteiger partial charge in [-0.25, -0.2) is 0 Å². The third kappa shape index (κ3) is 8.53. The number of aliphatic imine (C=N–C) groups is 1. The van der Waals surface area contributed by atoms with Crippen LogP contribution in [0.25, 0.3) is 0 Å². The Morgan fingerprint density at radius 3 is 2.59 bits per heavy atom. The molecule has 1 aliphatic carbocycles. The smallest absolute Gasteiger partial charge is 0.188 e. The molecular weight excluding hydrogens is 393 g/mol. The standard InChI is InChI=1S/C16H31N3O2.HI/c17-16(19-15-5-2-1-3-6-15)18-9-4-10-21-13-14-7-11-20-12-8-14;/h14-15H,1-13H2,(H3,17,18,19);1H. The zero-order valence-electron chi connectivity index (χ0n) is 13.6. The van der Waals surface area contributed by atoms with E-state index in [2.05, 4.69) is 10.3 Å². The van der Waals surface area contributed by atoms with Gasteiger partial charge in [0, 0.05) is 39.0 Å². The first-order valence-corrected chi connectivity index (χ1v) is 8.56. The average Bonchev–Trinajstić information content (AvgIpc) is 2.53. The predicted octanol–water partition coefficient (Wildman–Crippen LogP) is 2.67. The number of nitrogens with one attached hydrogen (secondary N) is 1. The van der Waals surface area contributed by atoms with Crippen molar-refractivity contribution < 1.29 is 9.47 Å². The van der Waals surface area contributed by atoms with E-state index in [0.717, 1.165) is 52.2 Å².